The summed E-state index contributed by atoms with van der Waals surface area (Å²) in [6.45, 7) is 1.52. The topological polar surface area (TPSA) is 18.5 Å². The summed E-state index contributed by atoms with van der Waals surface area (Å²) < 4.78 is 12.0. The highest BCUT2D eigenvalue weighted by molar-refractivity contribution is 9.10. The van der Waals surface area contributed by atoms with Crippen molar-refractivity contribution in [3.63, 3.8) is 0 Å². The first-order valence-electron chi connectivity index (χ1n) is 4.35. The Morgan fingerprint density at radius 3 is 2.92 bits per heavy atom. The molecule has 0 N–H and O–H groups in total. The minimum Gasteiger partial charge on any atom is -0.487 e. The third-order valence-electron chi connectivity index (χ3n) is 2.02. The Bertz CT molecular complexity index is 282. The number of benzene rings is 1. The van der Waals surface area contributed by atoms with Gasteiger partial charge in [0, 0.05) is 6.42 Å². The van der Waals surface area contributed by atoms with Gasteiger partial charge in [0.2, 0.25) is 0 Å². The van der Waals surface area contributed by atoms with Crippen LogP contribution in [-0.2, 0) is 4.74 Å². The number of halogens is 1. The Kier molecular flexibility index (Phi) is 2.86. The number of hydrogen-bond acceptors (Lipinski definition) is 2. The van der Waals surface area contributed by atoms with E-state index >= 15 is 0 Å². The molecule has 1 saturated heterocycles. The average Bonchev–Trinajstić information content (AvgIpc) is 2.61. The molecule has 1 fully saturated rings. The Balaban J connectivity index is 2.04. The molecule has 0 spiro atoms. The van der Waals surface area contributed by atoms with Crippen LogP contribution in [0, 0.1) is 0 Å². The Morgan fingerprint density at radius 2 is 2.23 bits per heavy atom. The summed E-state index contributed by atoms with van der Waals surface area (Å²) in [4.78, 5) is 0. The van der Waals surface area contributed by atoms with Gasteiger partial charge in [0.25, 0.3) is 0 Å². The SMILES string of the molecule is Brc1ccccc1O[C@H]1CCOC1. The van der Waals surface area contributed by atoms with Crippen LogP contribution in [0.4, 0.5) is 0 Å². The molecule has 0 amide bonds. The molecule has 0 radical (unpaired) electrons. The van der Waals surface area contributed by atoms with Crippen LogP contribution in [0.1, 0.15) is 6.42 Å². The Labute approximate surface area is 86.0 Å². The first-order valence-corrected chi connectivity index (χ1v) is 5.14. The number of para-hydroxylation sites is 1. The molecule has 1 aliphatic heterocycles. The van der Waals surface area contributed by atoms with E-state index in [1.54, 1.807) is 0 Å². The second-order valence-electron chi connectivity index (χ2n) is 3.03. The molecule has 2 rings (SSSR count). The van der Waals surface area contributed by atoms with Crippen LogP contribution in [-0.4, -0.2) is 19.3 Å². The van der Waals surface area contributed by atoms with Crippen LogP contribution in [0.2, 0.25) is 0 Å². The summed E-state index contributed by atoms with van der Waals surface area (Å²) in [5.74, 6) is 0.901. The molecule has 0 aliphatic carbocycles. The van der Waals surface area contributed by atoms with Crippen molar-refractivity contribution < 1.29 is 9.47 Å². The molecule has 1 heterocycles. The van der Waals surface area contributed by atoms with Crippen LogP contribution in [0.5, 0.6) is 5.75 Å². The van der Waals surface area contributed by atoms with Crippen molar-refractivity contribution in [1.82, 2.24) is 0 Å². The Hall–Kier alpha value is -0.540. The third-order valence-corrected chi connectivity index (χ3v) is 2.67. The summed E-state index contributed by atoms with van der Waals surface area (Å²) in [6.07, 6.45) is 1.21. The van der Waals surface area contributed by atoms with Crippen LogP contribution < -0.4 is 4.74 Å². The van der Waals surface area contributed by atoms with Crippen LogP contribution >= 0.6 is 15.9 Å². The highest BCUT2D eigenvalue weighted by Crippen LogP contribution is 2.26. The summed E-state index contributed by atoms with van der Waals surface area (Å²) in [5, 5.41) is 0. The number of ether oxygens (including phenoxy) is 2. The van der Waals surface area contributed by atoms with E-state index in [2.05, 4.69) is 15.9 Å². The molecule has 70 valence electrons. The molecule has 13 heavy (non-hydrogen) atoms. The largest absolute Gasteiger partial charge is 0.487 e. The lowest BCUT2D eigenvalue weighted by atomic mass is 10.3. The summed E-state index contributed by atoms with van der Waals surface area (Å²) >= 11 is 3.44. The molecule has 0 saturated carbocycles. The lowest BCUT2D eigenvalue weighted by Crippen LogP contribution is -2.15. The lowest BCUT2D eigenvalue weighted by Gasteiger charge is -2.12. The minimum absolute atomic E-state index is 0.221. The molecule has 3 heteroatoms. The standard InChI is InChI=1S/C10H11BrO2/c11-9-3-1-2-4-10(9)13-8-5-6-12-7-8/h1-4,8H,5-7H2/t8-/m0/s1. The van der Waals surface area contributed by atoms with Gasteiger partial charge in [-0.15, -0.1) is 0 Å². The minimum atomic E-state index is 0.221. The molecular weight excluding hydrogens is 232 g/mol. The predicted octanol–water partition coefficient (Wildman–Crippen LogP) is 2.62. The van der Waals surface area contributed by atoms with E-state index in [1.165, 1.54) is 0 Å². The van der Waals surface area contributed by atoms with Crippen molar-refractivity contribution in [2.24, 2.45) is 0 Å². The van der Waals surface area contributed by atoms with Gasteiger partial charge in [-0.25, -0.2) is 0 Å². The molecule has 0 aromatic heterocycles. The van der Waals surface area contributed by atoms with Gasteiger partial charge in [-0.3, -0.25) is 0 Å². The third kappa shape index (κ3) is 2.23. The van der Waals surface area contributed by atoms with Crippen molar-refractivity contribution in [2.45, 2.75) is 12.5 Å². The van der Waals surface area contributed by atoms with E-state index < -0.39 is 0 Å². The van der Waals surface area contributed by atoms with Crippen molar-refractivity contribution in [3.8, 4) is 5.75 Å². The molecule has 1 aromatic rings. The zero-order valence-corrected chi connectivity index (χ0v) is 8.79. The van der Waals surface area contributed by atoms with E-state index in [1.807, 2.05) is 24.3 Å². The molecule has 1 aliphatic rings. The lowest BCUT2D eigenvalue weighted by molar-refractivity contribution is 0.141. The van der Waals surface area contributed by atoms with Crippen molar-refractivity contribution in [1.29, 1.82) is 0 Å². The van der Waals surface area contributed by atoms with Crippen LogP contribution in [0.3, 0.4) is 0 Å². The van der Waals surface area contributed by atoms with Crippen LogP contribution in [0.25, 0.3) is 0 Å². The molecule has 1 atom stereocenters. The highest BCUT2D eigenvalue weighted by atomic mass is 79.9. The summed E-state index contributed by atoms with van der Waals surface area (Å²) in [5.41, 5.74) is 0. The second-order valence-corrected chi connectivity index (χ2v) is 3.89. The van der Waals surface area contributed by atoms with Crippen molar-refractivity contribution in [3.05, 3.63) is 28.7 Å². The fourth-order valence-electron chi connectivity index (χ4n) is 1.33. The van der Waals surface area contributed by atoms with Gasteiger partial charge in [-0.2, -0.15) is 0 Å². The van der Waals surface area contributed by atoms with Gasteiger partial charge >= 0.3 is 0 Å². The molecule has 0 unspecified atom stereocenters. The number of hydrogen-bond donors (Lipinski definition) is 0. The summed E-state index contributed by atoms with van der Waals surface area (Å²) in [7, 11) is 0. The van der Waals surface area contributed by atoms with Gasteiger partial charge in [0.15, 0.2) is 0 Å². The van der Waals surface area contributed by atoms with Gasteiger partial charge in [-0.1, -0.05) is 12.1 Å². The second kappa shape index (κ2) is 4.11. The van der Waals surface area contributed by atoms with Crippen molar-refractivity contribution >= 4 is 15.9 Å². The van der Waals surface area contributed by atoms with Crippen molar-refractivity contribution in [2.75, 3.05) is 13.2 Å². The monoisotopic (exact) mass is 242 g/mol. The predicted molar refractivity (Wildman–Crippen MR) is 54.0 cm³/mol. The Morgan fingerprint density at radius 1 is 1.38 bits per heavy atom. The highest BCUT2D eigenvalue weighted by Gasteiger charge is 2.17. The van der Waals surface area contributed by atoms with Crippen LogP contribution in [0.15, 0.2) is 28.7 Å². The summed E-state index contributed by atoms with van der Waals surface area (Å²) in [6, 6.07) is 7.88. The first-order chi connectivity index (χ1) is 6.36. The molecule has 1 aromatic carbocycles. The maximum Gasteiger partial charge on any atom is 0.134 e. The van der Waals surface area contributed by atoms with E-state index in [4.69, 9.17) is 9.47 Å². The average molecular weight is 243 g/mol. The van der Waals surface area contributed by atoms with Gasteiger partial charge < -0.3 is 9.47 Å². The van der Waals surface area contributed by atoms with E-state index in [0.717, 1.165) is 23.2 Å². The smallest absolute Gasteiger partial charge is 0.134 e. The maximum atomic E-state index is 5.73. The fraction of sp³-hybridized carbons (Fsp3) is 0.400. The fourth-order valence-corrected chi connectivity index (χ4v) is 1.70. The molecule has 2 nitrogen and oxygen atoms in total. The van der Waals surface area contributed by atoms with Gasteiger partial charge in [0.1, 0.15) is 11.9 Å². The quantitative estimate of drug-likeness (QED) is 0.794. The number of rotatable bonds is 2. The van der Waals surface area contributed by atoms with E-state index in [-0.39, 0.29) is 6.10 Å². The van der Waals surface area contributed by atoms with E-state index in [9.17, 15) is 0 Å². The molecule has 0 bridgehead atoms. The first kappa shape index (κ1) is 9.03. The zero-order valence-electron chi connectivity index (χ0n) is 7.20. The van der Waals surface area contributed by atoms with Gasteiger partial charge in [0.05, 0.1) is 17.7 Å². The normalized spacial score (nSPS) is 21.8. The maximum absolute atomic E-state index is 5.73. The van der Waals surface area contributed by atoms with Gasteiger partial charge in [-0.05, 0) is 28.1 Å². The molecular formula is C10H11BrO2. The van der Waals surface area contributed by atoms with E-state index in [0.29, 0.717) is 6.61 Å². The zero-order chi connectivity index (χ0) is 9.10.